The number of aromatic nitrogens is 1. The molecule has 0 bridgehead atoms. The molecule has 3 heteroatoms. The number of fused-ring (bicyclic) bond motifs is 17. The van der Waals surface area contributed by atoms with Gasteiger partial charge < -0.3 is 13.9 Å². The van der Waals surface area contributed by atoms with Crippen LogP contribution in [0.2, 0.25) is 0 Å². The summed E-state index contributed by atoms with van der Waals surface area (Å²) in [5.41, 5.74) is 21.8. The number of hydrogen-bond donors (Lipinski definition) is 0. The van der Waals surface area contributed by atoms with Crippen LogP contribution in [0.1, 0.15) is 27.8 Å². The second-order valence-electron chi connectivity index (χ2n) is 18.7. The number of rotatable bonds is 9. The van der Waals surface area contributed by atoms with Gasteiger partial charge in [-0.25, -0.2) is 0 Å². The lowest BCUT2D eigenvalue weighted by Gasteiger charge is -2.31. The summed E-state index contributed by atoms with van der Waals surface area (Å²) in [5.74, 6) is 0. The summed E-state index contributed by atoms with van der Waals surface area (Å²) in [4.78, 5) is 2.29. The summed E-state index contributed by atoms with van der Waals surface area (Å²) in [6.07, 6.45) is 9.29. The Hall–Kier alpha value is -9.18. The van der Waals surface area contributed by atoms with Gasteiger partial charge in [-0.3, -0.25) is 0 Å². The van der Waals surface area contributed by atoms with Crippen molar-refractivity contribution in [3.05, 3.63) is 295 Å². The van der Waals surface area contributed by atoms with Crippen molar-refractivity contribution in [2.24, 2.45) is 0 Å². The molecule has 0 N–H and O–H groups in total. The molecule has 2 aliphatic carbocycles. The number of benzene rings is 10. The predicted octanol–water partition coefficient (Wildman–Crippen LogP) is 17.7. The number of furan rings is 1. The molecule has 0 atom stereocenters. The van der Waals surface area contributed by atoms with Gasteiger partial charge in [-0.15, -0.1) is 0 Å². The molecule has 0 saturated carbocycles. The number of allylic oxidation sites excluding steroid dienone is 4. The summed E-state index contributed by atoms with van der Waals surface area (Å²) in [5, 5.41) is 4.56. The SMILES string of the molecule is C=C/C(=C\C=C/Cc1ccccc1)N(c1ccc(-c2ccccc2)cc1)c1ccc2oc3ccc(-n4c5ccccc5c5ccc6c(c54)C4(c5ccccc5-c5ccccc54)c4ccccc4-6)cc3c2c1. The lowest BCUT2D eigenvalue weighted by molar-refractivity contribution is 0.669. The fourth-order valence-electron chi connectivity index (χ4n) is 12.0. The second kappa shape index (κ2) is 16.2. The smallest absolute Gasteiger partial charge is 0.135 e. The Morgan fingerprint density at radius 1 is 0.493 bits per heavy atom. The van der Waals surface area contributed by atoms with E-state index in [1.807, 2.05) is 6.08 Å². The molecule has 2 heterocycles. The minimum Gasteiger partial charge on any atom is -0.456 e. The Kier molecular flexibility index (Phi) is 9.33. The summed E-state index contributed by atoms with van der Waals surface area (Å²) < 4.78 is 9.24. The highest BCUT2D eigenvalue weighted by Crippen LogP contribution is 2.64. The van der Waals surface area contributed by atoms with Crippen LogP contribution in [0.3, 0.4) is 0 Å². The maximum Gasteiger partial charge on any atom is 0.135 e. The molecule has 334 valence electrons. The molecule has 3 nitrogen and oxygen atoms in total. The summed E-state index contributed by atoms with van der Waals surface area (Å²) >= 11 is 0. The molecule has 0 fully saturated rings. The van der Waals surface area contributed by atoms with Crippen molar-refractivity contribution < 1.29 is 4.42 Å². The van der Waals surface area contributed by atoms with Crippen LogP contribution in [0, 0.1) is 0 Å². The molecule has 10 aromatic carbocycles. The molecule has 14 rings (SSSR count). The highest BCUT2D eigenvalue weighted by molar-refractivity contribution is 6.15. The van der Waals surface area contributed by atoms with E-state index in [9.17, 15) is 0 Å². The first-order chi connectivity index (χ1) is 35.2. The molecule has 0 saturated heterocycles. The normalized spacial score (nSPS) is 13.3. The fraction of sp³-hybridized carbons (Fsp3) is 0.0294. The molecule has 0 unspecified atom stereocenters. The third-order valence-electron chi connectivity index (χ3n) is 15.0. The summed E-state index contributed by atoms with van der Waals surface area (Å²) in [7, 11) is 0. The quantitative estimate of drug-likeness (QED) is 0.135. The highest BCUT2D eigenvalue weighted by Gasteiger charge is 2.53. The van der Waals surface area contributed by atoms with E-state index in [2.05, 4.69) is 265 Å². The second-order valence-corrected chi connectivity index (χ2v) is 18.7. The zero-order chi connectivity index (χ0) is 47.0. The number of para-hydroxylation sites is 1. The zero-order valence-electron chi connectivity index (χ0n) is 39.0. The first-order valence-corrected chi connectivity index (χ1v) is 24.5. The molecular formula is C68H46N2O. The molecule has 71 heavy (non-hydrogen) atoms. The monoisotopic (exact) mass is 906 g/mol. The molecule has 1 spiro atoms. The Bertz CT molecular complexity index is 4090. The lowest BCUT2D eigenvalue weighted by atomic mass is 9.70. The van der Waals surface area contributed by atoms with Crippen LogP contribution in [0.25, 0.3) is 82.8 Å². The third kappa shape index (κ3) is 6.16. The van der Waals surface area contributed by atoms with Crippen LogP contribution < -0.4 is 4.90 Å². The Balaban J connectivity index is 0.971. The predicted molar refractivity (Wildman–Crippen MR) is 296 cm³/mol. The average molecular weight is 907 g/mol. The maximum absolute atomic E-state index is 6.71. The van der Waals surface area contributed by atoms with Crippen molar-refractivity contribution in [2.75, 3.05) is 4.90 Å². The van der Waals surface area contributed by atoms with Crippen molar-refractivity contribution >= 4 is 55.1 Å². The molecular weight excluding hydrogens is 861 g/mol. The van der Waals surface area contributed by atoms with Gasteiger partial charge in [-0.1, -0.05) is 195 Å². The van der Waals surface area contributed by atoms with Crippen molar-refractivity contribution in [1.29, 1.82) is 0 Å². The Morgan fingerprint density at radius 2 is 1.07 bits per heavy atom. The summed E-state index contributed by atoms with van der Waals surface area (Å²) in [6, 6.07) is 84.1. The van der Waals surface area contributed by atoms with Crippen molar-refractivity contribution in [2.45, 2.75) is 11.8 Å². The van der Waals surface area contributed by atoms with E-state index in [1.54, 1.807) is 0 Å². The lowest BCUT2D eigenvalue weighted by Crippen LogP contribution is -2.26. The largest absolute Gasteiger partial charge is 0.456 e. The third-order valence-corrected chi connectivity index (χ3v) is 15.0. The molecule has 0 aliphatic heterocycles. The van der Waals surface area contributed by atoms with Gasteiger partial charge in [0, 0.05) is 49.9 Å². The molecule has 2 aliphatic rings. The van der Waals surface area contributed by atoms with Gasteiger partial charge in [0.15, 0.2) is 0 Å². The van der Waals surface area contributed by atoms with Crippen molar-refractivity contribution in [1.82, 2.24) is 4.57 Å². The van der Waals surface area contributed by atoms with Gasteiger partial charge >= 0.3 is 0 Å². The van der Waals surface area contributed by atoms with E-state index >= 15 is 0 Å². The minimum atomic E-state index is -0.512. The van der Waals surface area contributed by atoms with Gasteiger partial charge in [0.25, 0.3) is 0 Å². The molecule has 2 aromatic heterocycles. The van der Waals surface area contributed by atoms with Crippen LogP contribution in [-0.4, -0.2) is 4.57 Å². The molecule has 0 radical (unpaired) electrons. The Morgan fingerprint density at radius 3 is 1.77 bits per heavy atom. The van der Waals surface area contributed by atoms with Gasteiger partial charge in [0.2, 0.25) is 0 Å². The standard InChI is InChI=1S/C68H46N2O/c1-2-48(24-10-9-21-45-19-5-3-6-20-45)69(49-35-33-47(34-36-49)46-22-7-4-8-23-46)50-37-41-64-58(43-50)59-44-51(38-42-65(59)71-64)70-63-32-18-14-28-55(63)57-40-39-56-54-27-13-17-31-62(54)68(66(56)67(57)70)60-29-15-11-25-52(60)53-26-12-16-30-61(53)68/h2-20,22-44H,1,21H2/b10-9-,48-24+. The number of hydrogen-bond acceptors (Lipinski definition) is 2. The fourth-order valence-corrected chi connectivity index (χ4v) is 12.0. The first-order valence-electron chi connectivity index (χ1n) is 24.5. The van der Waals surface area contributed by atoms with E-state index in [-0.39, 0.29) is 0 Å². The number of nitrogens with zero attached hydrogens (tertiary/aromatic N) is 2. The number of anilines is 2. The van der Waals surface area contributed by atoms with Crippen LogP contribution in [0.15, 0.2) is 272 Å². The first kappa shape index (κ1) is 40.8. The average Bonchev–Trinajstić information content (AvgIpc) is 4.16. The van der Waals surface area contributed by atoms with Crippen LogP contribution in [0.5, 0.6) is 0 Å². The Labute approximate surface area is 412 Å². The van der Waals surface area contributed by atoms with E-state index < -0.39 is 5.41 Å². The zero-order valence-corrected chi connectivity index (χ0v) is 39.0. The maximum atomic E-state index is 6.71. The van der Waals surface area contributed by atoms with Crippen molar-refractivity contribution in [3.63, 3.8) is 0 Å². The van der Waals surface area contributed by atoms with E-state index in [4.69, 9.17) is 4.42 Å². The van der Waals surface area contributed by atoms with Crippen LogP contribution in [-0.2, 0) is 11.8 Å². The van der Waals surface area contributed by atoms with Gasteiger partial charge in [-0.05, 0) is 129 Å². The van der Waals surface area contributed by atoms with Crippen LogP contribution in [0.4, 0.5) is 11.4 Å². The van der Waals surface area contributed by atoms with E-state index in [1.165, 1.54) is 77.4 Å². The summed E-state index contributed by atoms with van der Waals surface area (Å²) in [6.45, 7) is 4.35. The van der Waals surface area contributed by atoms with Crippen LogP contribution >= 0.6 is 0 Å². The van der Waals surface area contributed by atoms with Gasteiger partial charge in [-0.2, -0.15) is 0 Å². The minimum absolute atomic E-state index is 0.512. The van der Waals surface area contributed by atoms with Gasteiger partial charge in [0.1, 0.15) is 11.2 Å². The molecule has 12 aromatic rings. The highest BCUT2D eigenvalue weighted by atomic mass is 16.3. The van der Waals surface area contributed by atoms with Crippen molar-refractivity contribution in [3.8, 4) is 39.1 Å². The molecule has 0 amide bonds. The van der Waals surface area contributed by atoms with E-state index in [0.29, 0.717) is 0 Å². The van der Waals surface area contributed by atoms with Gasteiger partial charge in [0.05, 0.1) is 16.4 Å². The topological polar surface area (TPSA) is 21.3 Å². The van der Waals surface area contributed by atoms with E-state index in [0.717, 1.165) is 56.7 Å².